The van der Waals surface area contributed by atoms with Crippen molar-refractivity contribution in [2.24, 2.45) is 11.3 Å². The van der Waals surface area contributed by atoms with Gasteiger partial charge < -0.3 is 10.1 Å². The first-order valence-corrected chi connectivity index (χ1v) is 7.26. The lowest BCUT2D eigenvalue weighted by molar-refractivity contribution is 0.141. The molecule has 7 heteroatoms. The van der Waals surface area contributed by atoms with Crippen LogP contribution in [0.5, 0.6) is 0 Å². The number of halogens is 1. The zero-order valence-electron chi connectivity index (χ0n) is 10.3. The van der Waals surface area contributed by atoms with E-state index < -0.39 is 10.0 Å². The van der Waals surface area contributed by atoms with Crippen molar-refractivity contribution in [3.8, 4) is 0 Å². The van der Waals surface area contributed by atoms with Gasteiger partial charge in [0.15, 0.2) is 0 Å². The summed E-state index contributed by atoms with van der Waals surface area (Å²) in [6.07, 6.45) is 0.980. The molecule has 102 valence electrons. The van der Waals surface area contributed by atoms with Crippen molar-refractivity contribution in [2.75, 3.05) is 46.2 Å². The van der Waals surface area contributed by atoms with Crippen molar-refractivity contribution in [1.29, 1.82) is 0 Å². The van der Waals surface area contributed by atoms with Gasteiger partial charge in [-0.15, -0.1) is 12.4 Å². The largest absolute Gasteiger partial charge is 0.381 e. The summed E-state index contributed by atoms with van der Waals surface area (Å²) in [5.41, 5.74) is 0.0586. The topological polar surface area (TPSA) is 58.6 Å². The Morgan fingerprint density at radius 1 is 1.47 bits per heavy atom. The number of sulfonamides is 1. The molecule has 2 heterocycles. The Morgan fingerprint density at radius 2 is 2.18 bits per heavy atom. The molecule has 1 N–H and O–H groups in total. The van der Waals surface area contributed by atoms with E-state index in [1.54, 1.807) is 14.1 Å². The smallest absolute Gasteiger partial charge is 0.213 e. The molecule has 0 aliphatic carbocycles. The maximum atomic E-state index is 11.9. The average Bonchev–Trinajstić information content (AvgIpc) is 2.79. The summed E-state index contributed by atoms with van der Waals surface area (Å²) < 4.78 is 30.5. The predicted octanol–water partition coefficient (Wildman–Crippen LogP) is -0.0743. The van der Waals surface area contributed by atoms with Gasteiger partial charge in [-0.1, -0.05) is 0 Å². The van der Waals surface area contributed by atoms with Crippen LogP contribution < -0.4 is 5.32 Å². The van der Waals surface area contributed by atoms with Crippen molar-refractivity contribution >= 4 is 22.4 Å². The van der Waals surface area contributed by atoms with Crippen molar-refractivity contribution in [3.63, 3.8) is 0 Å². The van der Waals surface area contributed by atoms with E-state index in [0.29, 0.717) is 6.61 Å². The number of nitrogens with one attached hydrogen (secondary N) is 1. The van der Waals surface area contributed by atoms with Crippen LogP contribution in [-0.4, -0.2) is 58.9 Å². The normalized spacial score (nSPS) is 33.2. The van der Waals surface area contributed by atoms with E-state index in [2.05, 4.69) is 5.32 Å². The summed E-state index contributed by atoms with van der Waals surface area (Å²) in [5.74, 6) is 0.415. The molecular weight excluding hydrogens is 264 g/mol. The Hall–Kier alpha value is 0.120. The summed E-state index contributed by atoms with van der Waals surface area (Å²) in [4.78, 5) is 0. The molecule has 0 saturated carbocycles. The van der Waals surface area contributed by atoms with Gasteiger partial charge in [0.25, 0.3) is 0 Å². The number of hydrogen-bond acceptors (Lipinski definition) is 4. The maximum absolute atomic E-state index is 11.9. The van der Waals surface area contributed by atoms with E-state index >= 15 is 0 Å². The molecule has 2 saturated heterocycles. The summed E-state index contributed by atoms with van der Waals surface area (Å²) >= 11 is 0. The highest BCUT2D eigenvalue weighted by molar-refractivity contribution is 7.89. The molecule has 0 bridgehead atoms. The summed E-state index contributed by atoms with van der Waals surface area (Å²) in [7, 11) is 0.0783. The number of rotatable bonds is 3. The highest BCUT2D eigenvalue weighted by atomic mass is 35.5. The zero-order valence-corrected chi connectivity index (χ0v) is 11.9. The third kappa shape index (κ3) is 2.93. The minimum absolute atomic E-state index is 0. The van der Waals surface area contributed by atoms with Gasteiger partial charge in [-0.05, 0) is 18.9 Å². The fourth-order valence-corrected chi connectivity index (χ4v) is 3.86. The molecule has 2 fully saturated rings. The van der Waals surface area contributed by atoms with Crippen LogP contribution >= 0.6 is 12.4 Å². The first-order valence-electron chi connectivity index (χ1n) is 5.65. The first-order chi connectivity index (χ1) is 7.46. The highest BCUT2D eigenvalue weighted by Crippen LogP contribution is 2.40. The zero-order chi connectivity index (χ0) is 11.8. The lowest BCUT2D eigenvalue weighted by Gasteiger charge is -2.28. The van der Waals surface area contributed by atoms with Gasteiger partial charge in [0.2, 0.25) is 10.0 Å². The second kappa shape index (κ2) is 5.40. The van der Waals surface area contributed by atoms with Crippen molar-refractivity contribution in [2.45, 2.75) is 6.42 Å². The van der Waals surface area contributed by atoms with Crippen LogP contribution in [-0.2, 0) is 14.8 Å². The molecule has 2 aliphatic rings. The molecule has 0 aromatic carbocycles. The van der Waals surface area contributed by atoms with E-state index in [1.807, 2.05) is 0 Å². The third-order valence-corrected chi connectivity index (χ3v) is 5.77. The molecule has 2 rings (SSSR count). The van der Waals surface area contributed by atoms with Crippen LogP contribution in [0, 0.1) is 11.3 Å². The summed E-state index contributed by atoms with van der Waals surface area (Å²) in [6.45, 7) is 3.14. The Balaban J connectivity index is 0.00000144. The lowest BCUT2D eigenvalue weighted by Crippen LogP contribution is -2.38. The van der Waals surface area contributed by atoms with Gasteiger partial charge in [0, 0.05) is 32.7 Å². The van der Waals surface area contributed by atoms with Crippen molar-refractivity contribution in [1.82, 2.24) is 9.62 Å². The minimum atomic E-state index is -3.11. The van der Waals surface area contributed by atoms with Gasteiger partial charge in [0.1, 0.15) is 0 Å². The van der Waals surface area contributed by atoms with Crippen LogP contribution in [0.25, 0.3) is 0 Å². The Labute approximate surface area is 109 Å². The van der Waals surface area contributed by atoms with E-state index in [9.17, 15) is 8.42 Å². The number of ether oxygens (including phenoxy) is 1. The molecule has 0 aromatic rings. The van der Waals surface area contributed by atoms with Crippen LogP contribution in [0.1, 0.15) is 6.42 Å². The fourth-order valence-electron chi connectivity index (χ4n) is 2.58. The quantitative estimate of drug-likeness (QED) is 0.788. The summed E-state index contributed by atoms with van der Waals surface area (Å²) in [5, 5.41) is 3.30. The molecule has 0 aromatic heterocycles. The van der Waals surface area contributed by atoms with Gasteiger partial charge in [-0.3, -0.25) is 0 Å². The minimum Gasteiger partial charge on any atom is -0.381 e. The van der Waals surface area contributed by atoms with E-state index in [1.165, 1.54) is 4.31 Å². The lowest BCUT2D eigenvalue weighted by atomic mass is 9.78. The van der Waals surface area contributed by atoms with E-state index in [4.69, 9.17) is 4.74 Å². The van der Waals surface area contributed by atoms with Crippen LogP contribution in [0.2, 0.25) is 0 Å². The second-order valence-electron chi connectivity index (χ2n) is 5.05. The third-order valence-electron chi connectivity index (χ3n) is 3.84. The van der Waals surface area contributed by atoms with E-state index in [0.717, 1.165) is 26.1 Å². The van der Waals surface area contributed by atoms with Crippen LogP contribution in [0.15, 0.2) is 0 Å². The Bertz CT molecular complexity index is 347. The van der Waals surface area contributed by atoms with Crippen molar-refractivity contribution < 1.29 is 13.2 Å². The molecule has 0 amide bonds. The standard InChI is InChI=1S/C10H20N2O3S.ClH/c1-12(2)16(13,14)6-9-5-11-7-10(9)3-4-15-8-10;/h9,11H,3-8H2,1-2H3;1H. The molecule has 17 heavy (non-hydrogen) atoms. The maximum Gasteiger partial charge on any atom is 0.213 e. The second-order valence-corrected chi connectivity index (χ2v) is 7.28. The Morgan fingerprint density at radius 3 is 2.71 bits per heavy atom. The fraction of sp³-hybridized carbons (Fsp3) is 1.00. The highest BCUT2D eigenvalue weighted by Gasteiger charge is 2.47. The molecule has 1 spiro atoms. The SMILES string of the molecule is CN(C)S(=O)(=O)CC1CNCC12CCOC2.Cl. The number of hydrogen-bond donors (Lipinski definition) is 1. The predicted molar refractivity (Wildman–Crippen MR) is 69.0 cm³/mol. The van der Waals surface area contributed by atoms with Gasteiger partial charge in [-0.2, -0.15) is 0 Å². The monoisotopic (exact) mass is 284 g/mol. The van der Waals surface area contributed by atoms with Gasteiger partial charge in [0.05, 0.1) is 12.4 Å². The molecule has 2 unspecified atom stereocenters. The number of nitrogens with zero attached hydrogens (tertiary/aromatic N) is 1. The Kier molecular flexibility index (Phi) is 4.82. The van der Waals surface area contributed by atoms with E-state index in [-0.39, 0.29) is 29.5 Å². The van der Waals surface area contributed by atoms with Crippen molar-refractivity contribution in [3.05, 3.63) is 0 Å². The molecule has 2 atom stereocenters. The molecule has 0 radical (unpaired) electrons. The first kappa shape index (κ1) is 15.2. The molecular formula is C10H21ClN2O3S. The molecule has 2 aliphatic heterocycles. The van der Waals surface area contributed by atoms with Crippen LogP contribution in [0.4, 0.5) is 0 Å². The average molecular weight is 285 g/mol. The van der Waals surface area contributed by atoms with Gasteiger partial charge in [-0.25, -0.2) is 12.7 Å². The van der Waals surface area contributed by atoms with Crippen LogP contribution in [0.3, 0.4) is 0 Å². The summed E-state index contributed by atoms with van der Waals surface area (Å²) in [6, 6.07) is 0. The van der Waals surface area contributed by atoms with Gasteiger partial charge >= 0.3 is 0 Å². The molecule has 5 nitrogen and oxygen atoms in total.